The number of alkyl halides is 2. The lowest BCUT2D eigenvalue weighted by Gasteiger charge is -2.15. The molecule has 0 aliphatic heterocycles. The molecule has 2 N–H and O–H groups in total. The first-order valence-corrected chi connectivity index (χ1v) is 21.4. The highest BCUT2D eigenvalue weighted by atomic mass is 35.5. The van der Waals surface area contributed by atoms with E-state index in [-0.39, 0.29) is 22.9 Å². The lowest BCUT2D eigenvalue weighted by Crippen LogP contribution is -2.27. The molecule has 6 nitrogen and oxygen atoms in total. The predicted octanol–water partition coefficient (Wildman–Crippen LogP) is 13.4. The third-order valence-corrected chi connectivity index (χ3v) is 11.3. The van der Waals surface area contributed by atoms with E-state index in [1.807, 2.05) is 69.3 Å². The molecule has 0 radical (unpaired) electrons. The van der Waals surface area contributed by atoms with Gasteiger partial charge in [-0.1, -0.05) is 141 Å². The molecule has 4 unspecified atom stereocenters. The Labute approximate surface area is 354 Å². The quantitative estimate of drug-likeness (QED) is 0.0360. The third kappa shape index (κ3) is 16.0. The lowest BCUT2D eigenvalue weighted by molar-refractivity contribution is -0.135. The van der Waals surface area contributed by atoms with Crippen molar-refractivity contribution in [2.75, 3.05) is 6.61 Å². The van der Waals surface area contributed by atoms with Crippen LogP contribution in [0, 0.1) is 23.5 Å². The Hall–Kier alpha value is -3.98. The van der Waals surface area contributed by atoms with Crippen molar-refractivity contribution in [2.45, 2.75) is 123 Å². The Balaban J connectivity index is 0.000000394. The number of rotatable bonds is 21. The number of hydrogen-bond donors (Lipinski definition) is 0. The second-order valence-electron chi connectivity index (χ2n) is 14.6. The molecule has 4 aromatic rings. The van der Waals surface area contributed by atoms with Crippen molar-refractivity contribution in [2.24, 2.45) is 11.8 Å². The van der Waals surface area contributed by atoms with Crippen LogP contribution in [0.3, 0.4) is 0 Å². The first-order chi connectivity index (χ1) is 27.4. The molecule has 4 aromatic carbocycles. The van der Waals surface area contributed by atoms with E-state index < -0.39 is 40.1 Å². The van der Waals surface area contributed by atoms with Crippen LogP contribution < -0.4 is 14.2 Å². The van der Waals surface area contributed by atoms with Crippen LogP contribution in [-0.2, 0) is 16.0 Å². The van der Waals surface area contributed by atoms with Gasteiger partial charge in [-0.2, -0.15) is 4.39 Å². The molecule has 4 atom stereocenters. The topological polar surface area (TPSA) is 93.3 Å². The van der Waals surface area contributed by atoms with Crippen LogP contribution >= 0.6 is 23.2 Å². The fourth-order valence-electron chi connectivity index (χ4n) is 5.83. The van der Waals surface area contributed by atoms with Gasteiger partial charge in [-0.3, -0.25) is 9.59 Å². The van der Waals surface area contributed by atoms with Crippen molar-refractivity contribution in [1.82, 2.24) is 0 Å². The summed E-state index contributed by atoms with van der Waals surface area (Å²) in [7, 11) is 0. The molecule has 4 rings (SSSR count). The van der Waals surface area contributed by atoms with Crippen molar-refractivity contribution < 1.29 is 38.1 Å². The van der Waals surface area contributed by atoms with Gasteiger partial charge >= 0.3 is 11.9 Å². The Bertz CT molecular complexity index is 1780. The average Bonchev–Trinajstić information content (AvgIpc) is 3.24. The van der Waals surface area contributed by atoms with Gasteiger partial charge in [-0.05, 0) is 89.8 Å². The summed E-state index contributed by atoms with van der Waals surface area (Å²) in [5, 5.41) is -1.54. The second-order valence-corrected chi connectivity index (χ2v) is 15.6. The number of ether oxygens (including phenoxy) is 3. The summed E-state index contributed by atoms with van der Waals surface area (Å²) in [6.07, 6.45) is 12.0. The summed E-state index contributed by atoms with van der Waals surface area (Å²) >= 11 is 12.2. The van der Waals surface area contributed by atoms with E-state index >= 15 is 0 Å². The van der Waals surface area contributed by atoms with E-state index in [1.54, 1.807) is 31.2 Å². The van der Waals surface area contributed by atoms with E-state index in [2.05, 4.69) is 13.8 Å². The Morgan fingerprint density at radius 3 is 1.57 bits per heavy atom. The van der Waals surface area contributed by atoms with Gasteiger partial charge in [-0.25, -0.2) is 4.39 Å². The van der Waals surface area contributed by atoms with Crippen molar-refractivity contribution in [1.29, 1.82) is 0 Å². The number of halogens is 4. The molecular formula is C48H62Cl2F2O6. The third-order valence-electron chi connectivity index (χ3n) is 10.1. The largest absolute Gasteiger partial charge is 0.494 e. The Morgan fingerprint density at radius 2 is 1.05 bits per heavy atom. The highest BCUT2D eigenvalue weighted by molar-refractivity contribution is 6.30. The van der Waals surface area contributed by atoms with E-state index in [9.17, 15) is 18.4 Å². The molecule has 58 heavy (non-hydrogen) atoms. The monoisotopic (exact) mass is 842 g/mol. The molecule has 0 aliphatic carbocycles. The van der Waals surface area contributed by atoms with Gasteiger partial charge in [-0.15, -0.1) is 23.2 Å². The van der Waals surface area contributed by atoms with Crippen molar-refractivity contribution in [3.05, 3.63) is 102 Å². The maximum absolute atomic E-state index is 14.6. The minimum atomic E-state index is -1.19. The summed E-state index contributed by atoms with van der Waals surface area (Å²) in [4.78, 5) is 24.1. The van der Waals surface area contributed by atoms with Crippen LogP contribution in [-0.4, -0.2) is 34.8 Å². The average molecular weight is 844 g/mol. The molecular weight excluding hydrogens is 781 g/mol. The summed E-state index contributed by atoms with van der Waals surface area (Å²) in [6.45, 7) is 12.8. The molecule has 0 saturated carbocycles. The lowest BCUT2D eigenvalue weighted by atomic mass is 10.0. The number of unbranched alkanes of at least 4 members (excludes halogenated alkanes) is 6. The zero-order valence-corrected chi connectivity index (χ0v) is 36.4. The fraction of sp³-hybridized carbons (Fsp3) is 0.458. The van der Waals surface area contributed by atoms with Crippen LogP contribution in [0.4, 0.5) is 8.78 Å². The molecule has 0 amide bonds. The van der Waals surface area contributed by atoms with E-state index in [4.69, 9.17) is 37.4 Å². The summed E-state index contributed by atoms with van der Waals surface area (Å²) in [5.41, 5.74) is 4.02. The summed E-state index contributed by atoms with van der Waals surface area (Å²) in [6, 6.07) is 25.7. The fourth-order valence-corrected chi connectivity index (χ4v) is 6.28. The van der Waals surface area contributed by atoms with Gasteiger partial charge in [0.25, 0.3) is 0 Å². The van der Waals surface area contributed by atoms with Gasteiger partial charge in [0, 0.05) is 5.56 Å². The smallest absolute Gasteiger partial charge is 0.329 e. The minimum Gasteiger partial charge on any atom is -0.494 e. The number of carbonyl (C=O) groups is 2. The molecule has 10 heteroatoms. The number of esters is 2. The molecule has 0 spiro atoms. The van der Waals surface area contributed by atoms with Crippen molar-refractivity contribution >= 4 is 35.1 Å². The van der Waals surface area contributed by atoms with Crippen molar-refractivity contribution in [3.63, 3.8) is 0 Å². The van der Waals surface area contributed by atoms with Crippen LogP contribution in [0.25, 0.3) is 22.3 Å². The van der Waals surface area contributed by atoms with Gasteiger partial charge in [0.05, 0.1) is 6.61 Å². The Morgan fingerprint density at radius 1 is 0.569 bits per heavy atom. The zero-order valence-electron chi connectivity index (χ0n) is 34.9. The van der Waals surface area contributed by atoms with Crippen LogP contribution in [0.5, 0.6) is 17.2 Å². The van der Waals surface area contributed by atoms with E-state index in [1.165, 1.54) is 56.2 Å². The number of carbonyl (C=O) groups excluding carboxylic acids is 2. The summed E-state index contributed by atoms with van der Waals surface area (Å²) in [5.74, 6) is -2.49. The van der Waals surface area contributed by atoms with Crippen LogP contribution in [0.15, 0.2) is 84.9 Å². The minimum absolute atomic E-state index is 0. The molecule has 0 heterocycles. The number of benzene rings is 4. The number of aryl methyl sites for hydroxylation is 1. The first-order valence-electron chi connectivity index (χ1n) is 20.6. The molecule has 0 fully saturated rings. The van der Waals surface area contributed by atoms with Crippen LogP contribution in [0.2, 0.25) is 0 Å². The molecule has 0 aromatic heterocycles. The van der Waals surface area contributed by atoms with E-state index in [0.717, 1.165) is 49.2 Å². The summed E-state index contributed by atoms with van der Waals surface area (Å²) < 4.78 is 45.3. The Kier molecular flexibility index (Phi) is 23.3. The maximum atomic E-state index is 14.6. The molecule has 0 bridgehead atoms. The zero-order chi connectivity index (χ0) is 41.7. The van der Waals surface area contributed by atoms with Crippen LogP contribution in [0.1, 0.15) is 111 Å². The first kappa shape index (κ1) is 50.2. The predicted molar refractivity (Wildman–Crippen MR) is 234 cm³/mol. The SMILES string of the molecule is CCCCCCOc1ccc(-c2ccc(OC(=O)C(Cl)C(C)CC)cc2)cc1.CCCCCCc1ccc(-c2ccc(OC(=O)C(Cl)C(C)CC)c(F)c2F)cc1.O. The molecule has 0 aliphatic rings. The highest BCUT2D eigenvalue weighted by Crippen LogP contribution is 2.31. The standard InChI is InChI=1S/C24H29ClF2O2.C24H31ClO3.H2O/c1-4-6-7-8-9-17-10-12-18(13-11-17)19-14-15-20(23(27)22(19)26)29-24(28)21(25)16(3)5-2;1-4-6-7-8-17-27-21-13-9-19(10-14-21)20-11-15-22(16-12-20)28-24(26)23(25)18(3)5-2;/h10-16,21H,4-9H2,1-3H3;9-16,18,23H,4-8,17H2,1-3H3;1H2. The van der Waals surface area contributed by atoms with Gasteiger partial charge in [0.2, 0.25) is 5.82 Å². The molecule has 318 valence electrons. The van der Waals surface area contributed by atoms with Gasteiger partial charge in [0.1, 0.15) is 22.3 Å². The number of hydrogen-bond acceptors (Lipinski definition) is 5. The normalized spacial score (nSPS) is 12.9. The van der Waals surface area contributed by atoms with Gasteiger partial charge < -0.3 is 19.7 Å². The van der Waals surface area contributed by atoms with E-state index in [0.29, 0.717) is 17.7 Å². The van der Waals surface area contributed by atoms with Gasteiger partial charge in [0.15, 0.2) is 11.6 Å². The second kappa shape index (κ2) is 26.9. The van der Waals surface area contributed by atoms with Crippen molar-refractivity contribution in [3.8, 4) is 39.5 Å². The maximum Gasteiger partial charge on any atom is 0.329 e. The highest BCUT2D eigenvalue weighted by Gasteiger charge is 2.26. The molecule has 0 saturated heterocycles.